The zero-order chi connectivity index (χ0) is 12.8. The van der Waals surface area contributed by atoms with Gasteiger partial charge in [-0.05, 0) is 20.8 Å². The van der Waals surface area contributed by atoms with Crippen molar-refractivity contribution in [1.29, 1.82) is 0 Å². The molecule has 0 saturated heterocycles. The number of nitrogens with zero attached hydrogens (tertiary/aromatic N) is 1. The molecule has 7 nitrogen and oxygen atoms in total. The van der Waals surface area contributed by atoms with Crippen LogP contribution in [-0.4, -0.2) is 36.1 Å². The normalized spacial score (nSPS) is 11.8. The third-order valence-electron chi connectivity index (χ3n) is 1.80. The number of nitrogens with two attached hydrogens (primary N) is 1. The number of hydrogen-bond donors (Lipinski definition) is 1. The molecule has 0 aliphatic rings. The van der Waals surface area contributed by atoms with E-state index in [4.69, 9.17) is 10.6 Å². The summed E-state index contributed by atoms with van der Waals surface area (Å²) < 4.78 is 4.31. The van der Waals surface area contributed by atoms with Gasteiger partial charge in [0.05, 0.1) is 0 Å². The Hall–Kier alpha value is -1.92. The molecule has 1 amide bonds. The molecule has 0 radical (unpaired) electrons. The molecule has 0 aromatic carbocycles. The van der Waals surface area contributed by atoms with Gasteiger partial charge in [0.2, 0.25) is 0 Å². The lowest BCUT2D eigenvalue weighted by Crippen LogP contribution is -2.34. The Morgan fingerprint density at radius 2 is 2.00 bits per heavy atom. The number of oxime groups is 1. The van der Waals surface area contributed by atoms with Gasteiger partial charge in [-0.1, -0.05) is 5.16 Å². The van der Waals surface area contributed by atoms with Gasteiger partial charge in [-0.3, -0.25) is 14.4 Å². The van der Waals surface area contributed by atoms with Gasteiger partial charge in [0.1, 0.15) is 6.61 Å². The highest BCUT2D eigenvalue weighted by Gasteiger charge is 2.26. The van der Waals surface area contributed by atoms with Crippen molar-refractivity contribution >= 4 is 23.9 Å². The lowest BCUT2D eigenvalue weighted by atomic mass is 10.1. The average Bonchev–Trinajstić information content (AvgIpc) is 2.16. The largest absolute Gasteiger partial charge is 0.461 e. The predicted molar refractivity (Wildman–Crippen MR) is 54.5 cm³/mol. The summed E-state index contributed by atoms with van der Waals surface area (Å²) in [5.74, 6) is -1.16. The molecule has 0 fully saturated rings. The molecule has 0 bridgehead atoms. The SMILES string of the molecule is CC(=O)C(C)(C)O/N=C(\COC=O)C(N)=O. The number of ether oxygens (including phenoxy) is 1. The fourth-order valence-electron chi connectivity index (χ4n) is 0.489. The average molecular weight is 230 g/mol. The molecule has 0 aliphatic carbocycles. The van der Waals surface area contributed by atoms with Crippen LogP contribution in [0.5, 0.6) is 0 Å². The van der Waals surface area contributed by atoms with E-state index >= 15 is 0 Å². The molecule has 0 spiro atoms. The lowest BCUT2D eigenvalue weighted by Gasteiger charge is -2.18. The molecule has 0 saturated carbocycles. The molecule has 0 atom stereocenters. The third-order valence-corrected chi connectivity index (χ3v) is 1.80. The molecular formula is C9H14N2O5. The highest BCUT2D eigenvalue weighted by atomic mass is 16.7. The van der Waals surface area contributed by atoms with Crippen molar-refractivity contribution in [2.45, 2.75) is 26.4 Å². The van der Waals surface area contributed by atoms with Gasteiger partial charge < -0.3 is 15.3 Å². The van der Waals surface area contributed by atoms with Gasteiger partial charge >= 0.3 is 0 Å². The van der Waals surface area contributed by atoms with Crippen molar-refractivity contribution in [3.63, 3.8) is 0 Å². The number of carbonyl (C=O) groups excluding carboxylic acids is 3. The summed E-state index contributed by atoms with van der Waals surface area (Å²) >= 11 is 0. The fourth-order valence-corrected chi connectivity index (χ4v) is 0.489. The van der Waals surface area contributed by atoms with Crippen LogP contribution in [0.15, 0.2) is 5.16 Å². The summed E-state index contributed by atoms with van der Waals surface area (Å²) in [4.78, 5) is 36.7. The Labute approximate surface area is 92.6 Å². The van der Waals surface area contributed by atoms with Crippen LogP contribution in [0, 0.1) is 0 Å². The summed E-state index contributed by atoms with van der Waals surface area (Å²) in [6, 6.07) is 0. The van der Waals surface area contributed by atoms with E-state index in [-0.39, 0.29) is 18.0 Å². The maximum absolute atomic E-state index is 11.1. The smallest absolute Gasteiger partial charge is 0.293 e. The molecule has 16 heavy (non-hydrogen) atoms. The minimum Gasteiger partial charge on any atom is -0.461 e. The summed E-state index contributed by atoms with van der Waals surface area (Å²) in [7, 11) is 0. The Morgan fingerprint density at radius 1 is 1.44 bits per heavy atom. The van der Waals surface area contributed by atoms with Crippen molar-refractivity contribution in [2.24, 2.45) is 10.9 Å². The number of primary amides is 1. The van der Waals surface area contributed by atoms with Crippen molar-refractivity contribution in [1.82, 2.24) is 0 Å². The molecule has 90 valence electrons. The first-order chi connectivity index (χ1) is 7.31. The van der Waals surface area contributed by atoms with Gasteiger partial charge in [0.25, 0.3) is 12.4 Å². The maximum Gasteiger partial charge on any atom is 0.293 e. The first kappa shape index (κ1) is 14.1. The Balaban J connectivity index is 4.62. The zero-order valence-corrected chi connectivity index (χ0v) is 9.35. The van der Waals surface area contributed by atoms with Crippen LogP contribution < -0.4 is 5.73 Å². The van der Waals surface area contributed by atoms with E-state index in [9.17, 15) is 14.4 Å². The predicted octanol–water partition coefficient (Wildman–Crippen LogP) is -0.615. The van der Waals surface area contributed by atoms with Gasteiger partial charge in [0.15, 0.2) is 17.1 Å². The second-order valence-electron chi connectivity index (χ2n) is 3.47. The van der Waals surface area contributed by atoms with E-state index < -0.39 is 18.1 Å². The van der Waals surface area contributed by atoms with E-state index in [2.05, 4.69) is 9.89 Å². The molecule has 7 heteroatoms. The minimum absolute atomic E-state index is 0.147. The molecule has 2 N–H and O–H groups in total. The Bertz CT molecular complexity index is 322. The zero-order valence-electron chi connectivity index (χ0n) is 9.35. The van der Waals surface area contributed by atoms with E-state index in [0.29, 0.717) is 0 Å². The van der Waals surface area contributed by atoms with E-state index in [1.807, 2.05) is 0 Å². The summed E-state index contributed by atoms with van der Waals surface area (Å²) in [5.41, 5.74) is 3.51. The van der Waals surface area contributed by atoms with Crippen LogP contribution in [-0.2, 0) is 24.0 Å². The third kappa shape index (κ3) is 4.54. The van der Waals surface area contributed by atoms with Crippen molar-refractivity contribution in [3.8, 4) is 0 Å². The Kier molecular flexibility index (Phi) is 5.14. The maximum atomic E-state index is 11.1. The van der Waals surface area contributed by atoms with E-state index in [1.165, 1.54) is 20.8 Å². The number of Topliss-reactive ketones (excluding diaryl/α,β-unsaturated/α-hetero) is 1. The molecular weight excluding hydrogens is 216 g/mol. The highest BCUT2D eigenvalue weighted by molar-refractivity contribution is 6.38. The summed E-state index contributed by atoms with van der Waals surface area (Å²) in [5, 5.41) is 3.39. The second-order valence-corrected chi connectivity index (χ2v) is 3.47. The van der Waals surface area contributed by atoms with Gasteiger partial charge in [-0.25, -0.2) is 0 Å². The van der Waals surface area contributed by atoms with Crippen LogP contribution in [0.4, 0.5) is 0 Å². The number of rotatable bonds is 7. The quantitative estimate of drug-likeness (QED) is 0.356. The fraction of sp³-hybridized carbons (Fsp3) is 0.556. The second kappa shape index (κ2) is 5.84. The summed E-state index contributed by atoms with van der Waals surface area (Å²) in [6.07, 6.45) is 0. The number of ketones is 1. The first-order valence-corrected chi connectivity index (χ1v) is 4.42. The standard InChI is InChI=1S/C9H14N2O5/c1-6(13)9(2,3)16-11-7(8(10)14)4-15-5-12/h5H,4H2,1-3H3,(H2,10,14)/b11-7+. The topological polar surface area (TPSA) is 108 Å². The van der Waals surface area contributed by atoms with Crippen LogP contribution in [0.2, 0.25) is 0 Å². The number of hydrogen-bond acceptors (Lipinski definition) is 6. The van der Waals surface area contributed by atoms with Crippen molar-refractivity contribution in [2.75, 3.05) is 6.61 Å². The molecule has 0 rings (SSSR count). The lowest BCUT2D eigenvalue weighted by molar-refractivity contribution is -0.138. The molecule has 0 aromatic heterocycles. The number of amides is 1. The minimum atomic E-state index is -1.16. The van der Waals surface area contributed by atoms with Crippen molar-refractivity contribution in [3.05, 3.63) is 0 Å². The van der Waals surface area contributed by atoms with Crippen LogP contribution in [0.3, 0.4) is 0 Å². The molecule has 0 aromatic rings. The van der Waals surface area contributed by atoms with Crippen molar-refractivity contribution < 1.29 is 24.0 Å². The monoisotopic (exact) mass is 230 g/mol. The first-order valence-electron chi connectivity index (χ1n) is 4.42. The van der Waals surface area contributed by atoms with E-state index in [1.54, 1.807) is 0 Å². The van der Waals surface area contributed by atoms with Gasteiger partial charge in [-0.2, -0.15) is 0 Å². The molecule has 0 aliphatic heterocycles. The highest BCUT2D eigenvalue weighted by Crippen LogP contribution is 2.10. The van der Waals surface area contributed by atoms with Gasteiger partial charge in [0, 0.05) is 0 Å². The summed E-state index contributed by atoms with van der Waals surface area (Å²) in [6.45, 7) is 4.04. The molecule has 0 unspecified atom stereocenters. The Morgan fingerprint density at radius 3 is 2.38 bits per heavy atom. The van der Waals surface area contributed by atoms with Crippen LogP contribution in [0.25, 0.3) is 0 Å². The van der Waals surface area contributed by atoms with Crippen LogP contribution >= 0.6 is 0 Å². The molecule has 0 heterocycles. The van der Waals surface area contributed by atoms with E-state index in [0.717, 1.165) is 0 Å². The van der Waals surface area contributed by atoms with Crippen LogP contribution in [0.1, 0.15) is 20.8 Å². The van der Waals surface area contributed by atoms with Gasteiger partial charge in [-0.15, -0.1) is 0 Å². The number of carbonyl (C=O) groups is 3.